The zero-order valence-corrected chi connectivity index (χ0v) is 20.6. The number of nitrogens with one attached hydrogen (secondary N) is 1. The number of hydrogen-bond acceptors (Lipinski definition) is 9. The predicted octanol–water partition coefficient (Wildman–Crippen LogP) is 2.93. The Morgan fingerprint density at radius 3 is 1.78 bits per heavy atom. The highest BCUT2D eigenvalue weighted by Crippen LogP contribution is 2.44. The molecular formula is C26H33NO10. The minimum Gasteiger partial charge on any atom is -0.481 e. The van der Waals surface area contributed by atoms with Crippen LogP contribution in [0.1, 0.15) is 23.5 Å². The molecule has 202 valence electrons. The zero-order valence-electron chi connectivity index (χ0n) is 20.6. The van der Waals surface area contributed by atoms with Crippen LogP contribution in [0, 0.1) is 0 Å². The quantitative estimate of drug-likeness (QED) is 0.162. The van der Waals surface area contributed by atoms with Crippen molar-refractivity contribution in [2.24, 2.45) is 0 Å². The van der Waals surface area contributed by atoms with E-state index in [1.54, 1.807) is 0 Å². The van der Waals surface area contributed by atoms with Crippen molar-refractivity contribution in [1.29, 1.82) is 0 Å². The third kappa shape index (κ3) is 10.1. The monoisotopic (exact) mass is 519 g/mol. The number of carbonyl (C=O) groups excluding carboxylic acids is 1. The molecule has 0 aliphatic heterocycles. The highest BCUT2D eigenvalue weighted by molar-refractivity contribution is 5.79. The van der Waals surface area contributed by atoms with E-state index in [1.165, 1.54) is 22.3 Å². The second kappa shape index (κ2) is 16.6. The molecule has 0 unspecified atom stereocenters. The second-order valence-electron chi connectivity index (χ2n) is 7.91. The van der Waals surface area contributed by atoms with E-state index in [-0.39, 0.29) is 65.2 Å². The molecule has 11 heteroatoms. The Labute approximate surface area is 215 Å². The van der Waals surface area contributed by atoms with Crippen molar-refractivity contribution in [2.45, 2.75) is 12.3 Å². The van der Waals surface area contributed by atoms with Gasteiger partial charge in [-0.05, 0) is 22.3 Å². The number of carboxylic acid groups (broad SMARTS) is 1. The molecule has 0 saturated carbocycles. The summed E-state index contributed by atoms with van der Waals surface area (Å²) in [4.78, 5) is 41.9. The number of fused-ring (bicyclic) bond motifs is 3. The standard InChI is InChI=1S/C26H33NO10/c28-25(29)9-11-31-13-15-34-36-17-18-37-35-16-14-32-12-10-27-26(30)33-19-24-22-7-3-1-5-20(22)21-6-2-4-8-23(21)24/h1-8,24H,9-19H2,(H,27,30)(H,28,29). The van der Waals surface area contributed by atoms with Crippen LogP contribution in [-0.2, 0) is 38.6 Å². The average Bonchev–Trinajstić information content (AvgIpc) is 3.22. The summed E-state index contributed by atoms with van der Waals surface area (Å²) < 4.78 is 15.9. The van der Waals surface area contributed by atoms with Crippen LogP contribution in [0.25, 0.3) is 11.1 Å². The van der Waals surface area contributed by atoms with Gasteiger partial charge in [0.15, 0.2) is 0 Å². The highest BCUT2D eigenvalue weighted by atomic mass is 17.2. The summed E-state index contributed by atoms with van der Waals surface area (Å²) >= 11 is 0. The largest absolute Gasteiger partial charge is 0.481 e. The van der Waals surface area contributed by atoms with E-state index in [0.717, 1.165) is 0 Å². The number of carboxylic acids is 1. The molecule has 1 aliphatic carbocycles. The van der Waals surface area contributed by atoms with Crippen molar-refractivity contribution in [1.82, 2.24) is 5.32 Å². The second-order valence-corrected chi connectivity index (χ2v) is 7.91. The van der Waals surface area contributed by atoms with Gasteiger partial charge in [-0.25, -0.2) is 24.3 Å². The lowest BCUT2D eigenvalue weighted by Crippen LogP contribution is -2.29. The van der Waals surface area contributed by atoms with E-state index in [9.17, 15) is 9.59 Å². The Bertz CT molecular complexity index is 924. The first kappa shape index (κ1) is 28.5. The van der Waals surface area contributed by atoms with Crippen LogP contribution < -0.4 is 5.32 Å². The number of alkyl carbamates (subject to hydrolysis) is 1. The molecule has 0 bridgehead atoms. The van der Waals surface area contributed by atoms with E-state index in [4.69, 9.17) is 38.9 Å². The molecule has 2 aromatic carbocycles. The van der Waals surface area contributed by atoms with Gasteiger partial charge in [0.25, 0.3) is 0 Å². The highest BCUT2D eigenvalue weighted by Gasteiger charge is 2.28. The van der Waals surface area contributed by atoms with Crippen molar-refractivity contribution in [3.63, 3.8) is 0 Å². The lowest BCUT2D eigenvalue weighted by molar-refractivity contribution is -0.344. The Kier molecular flexibility index (Phi) is 12.8. The van der Waals surface area contributed by atoms with Gasteiger partial charge >= 0.3 is 12.1 Å². The van der Waals surface area contributed by atoms with Gasteiger partial charge in [0.1, 0.15) is 33.0 Å². The Morgan fingerprint density at radius 2 is 1.22 bits per heavy atom. The minimum absolute atomic E-state index is 0.0213. The number of aliphatic carboxylic acids is 1. The van der Waals surface area contributed by atoms with Gasteiger partial charge in [-0.1, -0.05) is 48.5 Å². The molecule has 1 aliphatic rings. The molecule has 0 spiro atoms. The minimum atomic E-state index is -0.912. The molecular weight excluding hydrogens is 486 g/mol. The van der Waals surface area contributed by atoms with Crippen LogP contribution in [0.3, 0.4) is 0 Å². The fraction of sp³-hybridized carbons (Fsp3) is 0.462. The zero-order chi connectivity index (χ0) is 26.1. The Morgan fingerprint density at radius 1 is 0.703 bits per heavy atom. The van der Waals surface area contributed by atoms with Crippen LogP contribution in [0.15, 0.2) is 48.5 Å². The lowest BCUT2D eigenvalue weighted by atomic mass is 9.98. The first-order valence-electron chi connectivity index (χ1n) is 12.1. The van der Waals surface area contributed by atoms with Crippen LogP contribution in [-0.4, -0.2) is 83.2 Å². The number of benzene rings is 2. The number of rotatable bonds is 19. The number of amides is 1. The maximum Gasteiger partial charge on any atom is 0.407 e. The summed E-state index contributed by atoms with van der Waals surface area (Å²) in [6.45, 7) is 2.23. The van der Waals surface area contributed by atoms with Crippen molar-refractivity contribution >= 4 is 12.1 Å². The molecule has 2 aromatic rings. The normalized spacial score (nSPS) is 12.2. The van der Waals surface area contributed by atoms with Gasteiger partial charge in [-0.15, -0.1) is 0 Å². The fourth-order valence-corrected chi connectivity index (χ4v) is 3.73. The molecule has 11 nitrogen and oxygen atoms in total. The molecule has 0 fully saturated rings. The first-order valence-corrected chi connectivity index (χ1v) is 12.1. The van der Waals surface area contributed by atoms with E-state index >= 15 is 0 Å². The van der Waals surface area contributed by atoms with Gasteiger partial charge < -0.3 is 24.6 Å². The lowest BCUT2D eigenvalue weighted by Gasteiger charge is -2.14. The summed E-state index contributed by atoms with van der Waals surface area (Å²) in [6.07, 6.45) is -0.538. The summed E-state index contributed by atoms with van der Waals surface area (Å²) in [5.74, 6) is -0.891. The van der Waals surface area contributed by atoms with E-state index < -0.39 is 12.1 Å². The third-order valence-corrected chi connectivity index (χ3v) is 5.36. The smallest absolute Gasteiger partial charge is 0.407 e. The van der Waals surface area contributed by atoms with E-state index in [0.29, 0.717) is 13.2 Å². The molecule has 3 rings (SSSR count). The van der Waals surface area contributed by atoms with Gasteiger partial charge in [-0.3, -0.25) is 4.79 Å². The number of ether oxygens (including phenoxy) is 3. The SMILES string of the molecule is O=C(O)CCOCCOOCCOOCCOCCNC(=O)OCC1c2ccccc2-c2ccccc21. The van der Waals surface area contributed by atoms with Crippen molar-refractivity contribution < 1.29 is 48.5 Å². The van der Waals surface area contributed by atoms with Gasteiger partial charge in [0, 0.05) is 12.5 Å². The van der Waals surface area contributed by atoms with Crippen molar-refractivity contribution in [2.75, 3.05) is 66.0 Å². The first-order chi connectivity index (χ1) is 18.2. The average molecular weight is 520 g/mol. The molecule has 37 heavy (non-hydrogen) atoms. The third-order valence-electron chi connectivity index (χ3n) is 5.36. The molecule has 0 aromatic heterocycles. The van der Waals surface area contributed by atoms with Crippen LogP contribution in [0.4, 0.5) is 4.79 Å². The molecule has 0 radical (unpaired) electrons. The summed E-state index contributed by atoms with van der Waals surface area (Å²) in [7, 11) is 0. The molecule has 0 heterocycles. The molecule has 0 atom stereocenters. The van der Waals surface area contributed by atoms with Crippen LogP contribution >= 0.6 is 0 Å². The fourth-order valence-electron chi connectivity index (χ4n) is 3.73. The van der Waals surface area contributed by atoms with Crippen LogP contribution in [0.2, 0.25) is 0 Å². The number of hydrogen-bond donors (Lipinski definition) is 2. The molecule has 1 amide bonds. The summed E-state index contributed by atoms with van der Waals surface area (Å²) in [6, 6.07) is 16.4. The number of carbonyl (C=O) groups is 2. The molecule has 0 saturated heterocycles. The van der Waals surface area contributed by atoms with Gasteiger partial charge in [0.2, 0.25) is 0 Å². The predicted molar refractivity (Wildman–Crippen MR) is 131 cm³/mol. The van der Waals surface area contributed by atoms with E-state index in [2.05, 4.69) is 29.6 Å². The maximum atomic E-state index is 12.1. The summed E-state index contributed by atoms with van der Waals surface area (Å²) in [5.41, 5.74) is 4.70. The topological polar surface area (TPSA) is 131 Å². The molecule has 2 N–H and O–H groups in total. The summed E-state index contributed by atoms with van der Waals surface area (Å²) in [5, 5.41) is 11.1. The Hall–Kier alpha value is -3.06. The van der Waals surface area contributed by atoms with E-state index in [1.807, 2.05) is 24.3 Å². The van der Waals surface area contributed by atoms with Gasteiger partial charge in [0.05, 0.1) is 32.8 Å². The maximum absolute atomic E-state index is 12.1. The van der Waals surface area contributed by atoms with Gasteiger partial charge in [-0.2, -0.15) is 0 Å². The van der Waals surface area contributed by atoms with Crippen molar-refractivity contribution in [3.05, 3.63) is 59.7 Å². The van der Waals surface area contributed by atoms with Crippen LogP contribution in [0.5, 0.6) is 0 Å². The van der Waals surface area contributed by atoms with Crippen molar-refractivity contribution in [3.8, 4) is 11.1 Å². The Balaban J connectivity index is 1.13.